The van der Waals surface area contributed by atoms with Crippen LogP contribution in [0.3, 0.4) is 0 Å². The maximum absolute atomic E-state index is 13.5. The predicted octanol–water partition coefficient (Wildman–Crippen LogP) is 5.72. The van der Waals surface area contributed by atoms with Crippen molar-refractivity contribution in [2.24, 2.45) is 11.8 Å². The molecule has 0 saturated carbocycles. The lowest BCUT2D eigenvalue weighted by atomic mass is 10.0. The van der Waals surface area contributed by atoms with Crippen molar-refractivity contribution in [3.05, 3.63) is 71.4 Å². The van der Waals surface area contributed by atoms with E-state index in [2.05, 4.69) is 32.1 Å². The molecule has 48 heavy (non-hydrogen) atoms. The van der Waals surface area contributed by atoms with Crippen LogP contribution in [0.1, 0.15) is 88.2 Å². The summed E-state index contributed by atoms with van der Waals surface area (Å²) in [5.41, 5.74) is 5.35. The summed E-state index contributed by atoms with van der Waals surface area (Å²) in [6.45, 7) is 9.06. The van der Waals surface area contributed by atoms with Gasteiger partial charge in [0, 0.05) is 30.1 Å². The van der Waals surface area contributed by atoms with Gasteiger partial charge in [-0.3, -0.25) is 9.59 Å². The summed E-state index contributed by atoms with van der Waals surface area (Å²) in [5.74, 6) is 7.99. The number of imidazole rings is 2. The van der Waals surface area contributed by atoms with Gasteiger partial charge in [-0.05, 0) is 67.5 Å². The first kappa shape index (κ1) is 32.8. The van der Waals surface area contributed by atoms with Gasteiger partial charge < -0.3 is 29.8 Å². The normalized spacial score (nSPS) is 18.3. The van der Waals surface area contributed by atoms with Gasteiger partial charge >= 0.3 is 6.09 Å². The highest BCUT2D eigenvalue weighted by Crippen LogP contribution is 2.34. The van der Waals surface area contributed by atoms with Gasteiger partial charge in [0.1, 0.15) is 17.7 Å². The van der Waals surface area contributed by atoms with Gasteiger partial charge in [0.15, 0.2) is 0 Å². The van der Waals surface area contributed by atoms with Gasteiger partial charge in [0.2, 0.25) is 11.8 Å². The minimum atomic E-state index is -0.676. The van der Waals surface area contributed by atoms with Crippen LogP contribution in [0.15, 0.2) is 48.7 Å². The number of aromatic amines is 2. The molecule has 4 aromatic rings. The topological polar surface area (TPSA) is 136 Å². The summed E-state index contributed by atoms with van der Waals surface area (Å²) in [5, 5.41) is 2.69. The van der Waals surface area contributed by atoms with Gasteiger partial charge in [-0.25, -0.2) is 14.8 Å². The van der Waals surface area contributed by atoms with Gasteiger partial charge in [-0.1, -0.05) is 51.7 Å². The molecule has 0 unspecified atom stereocenters. The van der Waals surface area contributed by atoms with E-state index in [9.17, 15) is 14.4 Å². The van der Waals surface area contributed by atoms with Crippen LogP contribution in [0.4, 0.5) is 4.79 Å². The quantitative estimate of drug-likeness (QED) is 0.219. The molecule has 0 radical (unpaired) electrons. The van der Waals surface area contributed by atoms with Crippen molar-refractivity contribution in [2.75, 3.05) is 20.2 Å². The molecule has 250 valence electrons. The highest BCUT2D eigenvalue weighted by Gasteiger charge is 2.37. The zero-order chi connectivity index (χ0) is 33.9. The van der Waals surface area contributed by atoms with Gasteiger partial charge in [0.05, 0.1) is 42.1 Å². The number of fused-ring (bicyclic) bond motifs is 1. The molecular weight excluding hydrogens is 606 g/mol. The number of nitrogens with zero attached hydrogens (tertiary/aromatic N) is 4. The van der Waals surface area contributed by atoms with E-state index < -0.39 is 12.1 Å². The average Bonchev–Trinajstić information content (AvgIpc) is 3.91. The molecule has 11 nitrogen and oxygen atoms in total. The van der Waals surface area contributed by atoms with Gasteiger partial charge in [-0.15, -0.1) is 0 Å². The number of hydrogen-bond donors (Lipinski definition) is 3. The number of benzene rings is 2. The Labute approximate surface area is 280 Å². The Hall–Kier alpha value is -5.11. The first-order valence-corrected chi connectivity index (χ1v) is 16.8. The molecule has 2 aliphatic rings. The molecule has 3 amide bonds. The number of nitrogens with one attached hydrogen (secondary N) is 3. The van der Waals surface area contributed by atoms with Crippen LogP contribution < -0.4 is 5.32 Å². The van der Waals surface area contributed by atoms with E-state index in [1.165, 1.54) is 7.11 Å². The lowest BCUT2D eigenvalue weighted by Gasteiger charge is -2.30. The second-order valence-electron chi connectivity index (χ2n) is 13.3. The number of aromatic nitrogens is 4. The fourth-order valence-electron chi connectivity index (χ4n) is 6.63. The number of carbonyl (C=O) groups is 3. The van der Waals surface area contributed by atoms with Crippen molar-refractivity contribution in [3.63, 3.8) is 0 Å². The fourth-order valence-corrected chi connectivity index (χ4v) is 6.63. The maximum atomic E-state index is 13.5. The molecular formula is C37H43N7O4. The molecule has 2 aromatic carbocycles. The molecule has 2 saturated heterocycles. The zero-order valence-electron chi connectivity index (χ0n) is 28.2. The number of H-pyrrole nitrogens is 2. The molecule has 0 bridgehead atoms. The van der Waals surface area contributed by atoms with E-state index in [1.54, 1.807) is 11.1 Å². The number of ether oxygens (including phenoxy) is 1. The molecule has 3 N–H and O–H groups in total. The van der Waals surface area contributed by atoms with Crippen LogP contribution in [0.25, 0.3) is 22.3 Å². The number of likely N-dealkylation sites (tertiary alicyclic amines) is 2. The third kappa shape index (κ3) is 6.79. The molecule has 4 heterocycles. The number of methoxy groups -OCH3 is 1. The minimum absolute atomic E-state index is 0.0153. The number of carbonyl (C=O) groups excluding carboxylic acids is 3. The van der Waals surface area contributed by atoms with Crippen LogP contribution in [-0.2, 0) is 14.3 Å². The molecule has 2 aromatic heterocycles. The monoisotopic (exact) mass is 649 g/mol. The first-order valence-electron chi connectivity index (χ1n) is 16.8. The Morgan fingerprint density at radius 3 is 2.19 bits per heavy atom. The Bertz CT molecular complexity index is 1860. The van der Waals surface area contributed by atoms with E-state index in [4.69, 9.17) is 9.72 Å². The minimum Gasteiger partial charge on any atom is -0.453 e. The highest BCUT2D eigenvalue weighted by atomic mass is 16.5. The molecule has 3 atom stereocenters. The molecule has 2 fully saturated rings. The largest absolute Gasteiger partial charge is 0.453 e. The third-order valence-corrected chi connectivity index (χ3v) is 9.23. The van der Waals surface area contributed by atoms with Crippen LogP contribution in [0.5, 0.6) is 0 Å². The lowest BCUT2D eigenvalue weighted by Crippen LogP contribution is -2.51. The maximum Gasteiger partial charge on any atom is 0.407 e. The molecule has 11 heteroatoms. The Kier molecular flexibility index (Phi) is 9.53. The van der Waals surface area contributed by atoms with Crippen molar-refractivity contribution in [1.29, 1.82) is 0 Å². The van der Waals surface area contributed by atoms with Crippen molar-refractivity contribution in [3.8, 4) is 23.1 Å². The zero-order valence-corrected chi connectivity index (χ0v) is 28.2. The second kappa shape index (κ2) is 13.9. The first-order chi connectivity index (χ1) is 23.1. The lowest BCUT2D eigenvalue weighted by molar-refractivity contribution is -0.136. The SMILES string of the molecule is COC(=O)N[C@H](C(=O)N1CCC[C@H]1c1ncc(-c2ccc(C#Cc3ccc4nc([C@@H]5CCCN5C(=O)C(C)C)[nH]c4c3)cc2)[nH]1)C(C)C. The Balaban J connectivity index is 1.13. The summed E-state index contributed by atoms with van der Waals surface area (Å²) < 4.78 is 4.74. The van der Waals surface area contributed by atoms with E-state index in [0.29, 0.717) is 6.54 Å². The summed E-state index contributed by atoms with van der Waals surface area (Å²) >= 11 is 0. The van der Waals surface area contributed by atoms with E-state index in [-0.39, 0.29) is 35.7 Å². The van der Waals surface area contributed by atoms with Crippen molar-refractivity contribution in [2.45, 2.75) is 71.5 Å². The molecule has 6 rings (SSSR count). The fraction of sp³-hybridized carbons (Fsp3) is 0.432. The summed E-state index contributed by atoms with van der Waals surface area (Å²) in [4.78, 5) is 58.1. The average molecular weight is 650 g/mol. The summed E-state index contributed by atoms with van der Waals surface area (Å²) in [6.07, 6.45) is 4.71. The van der Waals surface area contributed by atoms with Crippen molar-refractivity contribution in [1.82, 2.24) is 35.1 Å². The highest BCUT2D eigenvalue weighted by molar-refractivity contribution is 5.86. The van der Waals surface area contributed by atoms with Crippen molar-refractivity contribution < 1.29 is 19.1 Å². The molecule has 2 aliphatic heterocycles. The third-order valence-electron chi connectivity index (χ3n) is 9.23. The summed E-state index contributed by atoms with van der Waals surface area (Å²) in [7, 11) is 1.29. The van der Waals surface area contributed by atoms with E-state index >= 15 is 0 Å². The van der Waals surface area contributed by atoms with Crippen LogP contribution in [0.2, 0.25) is 0 Å². The van der Waals surface area contributed by atoms with Crippen LogP contribution >= 0.6 is 0 Å². The number of hydrogen-bond acceptors (Lipinski definition) is 6. The Morgan fingerprint density at radius 2 is 1.52 bits per heavy atom. The predicted molar refractivity (Wildman–Crippen MR) is 182 cm³/mol. The summed E-state index contributed by atoms with van der Waals surface area (Å²) in [6, 6.07) is 13.0. The van der Waals surface area contributed by atoms with Crippen LogP contribution in [0, 0.1) is 23.7 Å². The van der Waals surface area contributed by atoms with E-state index in [0.717, 1.165) is 77.3 Å². The number of rotatable bonds is 7. The van der Waals surface area contributed by atoms with Crippen LogP contribution in [-0.4, -0.2) is 73.9 Å². The molecule has 0 spiro atoms. The van der Waals surface area contributed by atoms with Gasteiger partial charge in [-0.2, -0.15) is 0 Å². The number of alkyl carbamates (subject to hydrolysis) is 1. The van der Waals surface area contributed by atoms with Crippen molar-refractivity contribution >= 4 is 28.9 Å². The van der Waals surface area contributed by atoms with E-state index in [1.807, 2.05) is 75.1 Å². The molecule has 0 aliphatic carbocycles. The second-order valence-corrected chi connectivity index (χ2v) is 13.3. The smallest absolute Gasteiger partial charge is 0.407 e. The standard InChI is InChI=1S/C37H43N7O4/c1-22(2)32(42-37(47)48-5)36(46)44-19-6-8-30(44)33-38-21-29(41-33)26-15-12-24(13-16-26)10-11-25-14-17-27-28(20-25)40-34(39-27)31-9-7-18-43(31)35(45)23(3)4/h12-17,20-23,30-32H,6-9,18-19H2,1-5H3,(H,38,41)(H,39,40)(H,42,47)/t30-,31-,32-/m0/s1. The number of amides is 3. The Morgan fingerprint density at radius 1 is 0.875 bits per heavy atom. The van der Waals surface area contributed by atoms with Gasteiger partial charge in [0.25, 0.3) is 0 Å².